The van der Waals surface area contributed by atoms with Crippen molar-refractivity contribution in [3.05, 3.63) is 125 Å². The van der Waals surface area contributed by atoms with Gasteiger partial charge in [-0.05, 0) is 48.7 Å². The number of hydrogen-bond acceptors (Lipinski definition) is 7. The second kappa shape index (κ2) is 10.3. The van der Waals surface area contributed by atoms with Gasteiger partial charge in [0.05, 0.1) is 28.6 Å². The number of aromatic nitrogens is 3. The van der Waals surface area contributed by atoms with Crippen molar-refractivity contribution in [1.29, 1.82) is 0 Å². The molecule has 2 aromatic carbocycles. The van der Waals surface area contributed by atoms with Crippen molar-refractivity contribution in [2.24, 2.45) is 4.99 Å². The number of halogens is 1. The second-order valence-electron chi connectivity index (χ2n) is 8.81. The molecule has 194 valence electrons. The Hall–Kier alpha value is -4.05. The maximum absolute atomic E-state index is 13.9. The van der Waals surface area contributed by atoms with E-state index in [0.717, 1.165) is 21.7 Å². The highest BCUT2D eigenvalue weighted by Gasteiger charge is 2.33. The number of benzene rings is 2. The Kier molecular flexibility index (Phi) is 6.64. The summed E-state index contributed by atoms with van der Waals surface area (Å²) in [5.74, 6) is -0.502. The van der Waals surface area contributed by atoms with Gasteiger partial charge < -0.3 is 4.74 Å². The van der Waals surface area contributed by atoms with E-state index in [1.165, 1.54) is 29.8 Å². The van der Waals surface area contributed by atoms with E-state index in [1.54, 1.807) is 16.2 Å². The molecule has 0 bridgehead atoms. The van der Waals surface area contributed by atoms with Gasteiger partial charge >= 0.3 is 5.97 Å². The molecule has 0 spiro atoms. The molecule has 7 nitrogen and oxygen atoms in total. The van der Waals surface area contributed by atoms with Crippen molar-refractivity contribution in [2.75, 3.05) is 7.11 Å². The molecule has 10 heteroatoms. The lowest BCUT2D eigenvalue weighted by Crippen LogP contribution is -2.39. The smallest absolute Gasteiger partial charge is 0.338 e. The van der Waals surface area contributed by atoms with Crippen molar-refractivity contribution >= 4 is 46.3 Å². The summed E-state index contributed by atoms with van der Waals surface area (Å²) < 4.78 is 8.94. The van der Waals surface area contributed by atoms with Crippen LogP contribution in [0.4, 0.5) is 0 Å². The summed E-state index contributed by atoms with van der Waals surface area (Å²) in [6, 6.07) is 20.4. The van der Waals surface area contributed by atoms with Crippen molar-refractivity contribution < 1.29 is 9.53 Å². The molecule has 6 rings (SSSR count). The number of hydrogen-bond donors (Lipinski definition) is 0. The SMILES string of the molecule is COC(=O)C1=C(C)N=c2s/c(=C/c3cn(-c4ccccc4)nc3-c3ccc(Cl)cc3)c(=O)n2[C@@H]1c1cccs1. The highest BCUT2D eigenvalue weighted by molar-refractivity contribution is 7.10. The number of nitrogens with zero attached hydrogens (tertiary/aromatic N) is 4. The third-order valence-electron chi connectivity index (χ3n) is 6.41. The van der Waals surface area contributed by atoms with Gasteiger partial charge in [0.1, 0.15) is 11.7 Å². The van der Waals surface area contributed by atoms with Crippen LogP contribution in [-0.4, -0.2) is 27.4 Å². The van der Waals surface area contributed by atoms with Gasteiger partial charge in [0.2, 0.25) is 0 Å². The molecule has 0 unspecified atom stereocenters. The molecular formula is C29H21ClN4O3S2. The Morgan fingerprint density at radius 1 is 1.08 bits per heavy atom. The van der Waals surface area contributed by atoms with Gasteiger partial charge in [-0.25, -0.2) is 14.5 Å². The quantitative estimate of drug-likeness (QED) is 0.278. The molecule has 4 heterocycles. The third-order valence-corrected chi connectivity index (χ3v) is 8.57. The van der Waals surface area contributed by atoms with E-state index < -0.39 is 12.0 Å². The van der Waals surface area contributed by atoms with Crippen LogP contribution in [0, 0.1) is 0 Å². The monoisotopic (exact) mass is 572 g/mol. The van der Waals surface area contributed by atoms with Gasteiger partial charge in [0, 0.05) is 27.2 Å². The Morgan fingerprint density at radius 2 is 1.85 bits per heavy atom. The maximum atomic E-state index is 13.9. The number of fused-ring (bicyclic) bond motifs is 1. The predicted molar refractivity (Wildman–Crippen MR) is 154 cm³/mol. The molecule has 0 N–H and O–H groups in total. The molecule has 5 aromatic rings. The first-order chi connectivity index (χ1) is 18.9. The zero-order valence-corrected chi connectivity index (χ0v) is 23.3. The molecule has 1 atom stereocenters. The molecule has 0 fully saturated rings. The van der Waals surface area contributed by atoms with Gasteiger partial charge in [-0.3, -0.25) is 9.36 Å². The van der Waals surface area contributed by atoms with E-state index in [-0.39, 0.29) is 5.56 Å². The number of carbonyl (C=O) groups excluding carboxylic acids is 1. The van der Waals surface area contributed by atoms with E-state index in [4.69, 9.17) is 21.4 Å². The van der Waals surface area contributed by atoms with Crippen LogP contribution < -0.4 is 14.9 Å². The van der Waals surface area contributed by atoms with E-state index in [1.807, 2.05) is 84.4 Å². The van der Waals surface area contributed by atoms with Crippen molar-refractivity contribution in [2.45, 2.75) is 13.0 Å². The van der Waals surface area contributed by atoms with Crippen molar-refractivity contribution in [1.82, 2.24) is 14.3 Å². The topological polar surface area (TPSA) is 78.5 Å². The van der Waals surface area contributed by atoms with Crippen LogP contribution in [0.2, 0.25) is 5.02 Å². The fourth-order valence-electron chi connectivity index (χ4n) is 4.59. The van der Waals surface area contributed by atoms with Gasteiger partial charge in [0.15, 0.2) is 4.80 Å². The minimum atomic E-state index is -0.612. The van der Waals surface area contributed by atoms with Crippen molar-refractivity contribution in [3.63, 3.8) is 0 Å². The zero-order chi connectivity index (χ0) is 27.1. The molecule has 1 aliphatic rings. The zero-order valence-electron chi connectivity index (χ0n) is 20.9. The molecule has 0 radical (unpaired) electrons. The largest absolute Gasteiger partial charge is 0.466 e. The van der Waals surface area contributed by atoms with Crippen LogP contribution in [0.5, 0.6) is 0 Å². The van der Waals surface area contributed by atoms with E-state index in [0.29, 0.717) is 31.3 Å². The van der Waals surface area contributed by atoms with Crippen LogP contribution in [0.15, 0.2) is 99.4 Å². The van der Waals surface area contributed by atoms with Crippen LogP contribution in [0.3, 0.4) is 0 Å². The fourth-order valence-corrected chi connectivity index (χ4v) is 6.57. The van der Waals surface area contributed by atoms with Crippen LogP contribution >= 0.6 is 34.3 Å². The van der Waals surface area contributed by atoms with E-state index in [2.05, 4.69) is 4.99 Å². The van der Waals surface area contributed by atoms with Gasteiger partial charge in [-0.1, -0.05) is 59.3 Å². The number of para-hydroxylation sites is 1. The summed E-state index contributed by atoms with van der Waals surface area (Å²) >= 11 is 8.90. The molecular weight excluding hydrogens is 552 g/mol. The molecule has 0 saturated heterocycles. The molecule has 3 aromatic heterocycles. The molecule has 1 aliphatic heterocycles. The number of esters is 1. The molecule has 0 saturated carbocycles. The summed E-state index contributed by atoms with van der Waals surface area (Å²) in [6.07, 6.45) is 3.74. The number of allylic oxidation sites excluding steroid dienone is 1. The molecule has 0 aliphatic carbocycles. The van der Waals surface area contributed by atoms with Gasteiger partial charge in [0.25, 0.3) is 5.56 Å². The number of methoxy groups -OCH3 is 1. The van der Waals surface area contributed by atoms with Crippen molar-refractivity contribution in [3.8, 4) is 16.9 Å². The lowest BCUT2D eigenvalue weighted by atomic mass is 10.0. The van der Waals surface area contributed by atoms with Crippen LogP contribution in [0.1, 0.15) is 23.4 Å². The van der Waals surface area contributed by atoms with E-state index in [9.17, 15) is 9.59 Å². The first kappa shape index (κ1) is 25.2. The summed E-state index contributed by atoms with van der Waals surface area (Å²) in [7, 11) is 1.34. The maximum Gasteiger partial charge on any atom is 0.338 e. The van der Waals surface area contributed by atoms with Crippen LogP contribution in [-0.2, 0) is 9.53 Å². The second-order valence-corrected chi connectivity index (χ2v) is 11.2. The first-order valence-electron chi connectivity index (χ1n) is 12.0. The normalized spacial score (nSPS) is 15.3. The number of thiophene rings is 1. The third kappa shape index (κ3) is 4.58. The Morgan fingerprint density at radius 3 is 2.54 bits per heavy atom. The van der Waals surface area contributed by atoms with Crippen LogP contribution in [0.25, 0.3) is 23.0 Å². The number of rotatable bonds is 5. The Balaban J connectivity index is 1.56. The molecule has 0 amide bonds. The Bertz CT molecular complexity index is 1900. The summed E-state index contributed by atoms with van der Waals surface area (Å²) in [5.41, 5.74) is 3.90. The highest BCUT2D eigenvalue weighted by Crippen LogP contribution is 2.33. The minimum absolute atomic E-state index is 0.236. The highest BCUT2D eigenvalue weighted by atomic mass is 35.5. The Labute approximate surface area is 236 Å². The van der Waals surface area contributed by atoms with Gasteiger partial charge in [-0.2, -0.15) is 5.10 Å². The number of carbonyl (C=O) groups is 1. The lowest BCUT2D eigenvalue weighted by molar-refractivity contribution is -0.136. The fraction of sp³-hybridized carbons (Fsp3) is 0.103. The average Bonchev–Trinajstić information content (AvgIpc) is 3.69. The molecule has 39 heavy (non-hydrogen) atoms. The number of thiazole rings is 1. The number of ether oxygens (including phenoxy) is 1. The summed E-state index contributed by atoms with van der Waals surface area (Å²) in [5, 5.41) is 7.40. The van der Waals surface area contributed by atoms with E-state index >= 15 is 0 Å². The predicted octanol–water partition coefficient (Wildman–Crippen LogP) is 4.98. The minimum Gasteiger partial charge on any atom is -0.466 e. The lowest BCUT2D eigenvalue weighted by Gasteiger charge is -2.22. The first-order valence-corrected chi connectivity index (χ1v) is 14.1. The summed E-state index contributed by atoms with van der Waals surface area (Å²) in [6.45, 7) is 1.77. The summed E-state index contributed by atoms with van der Waals surface area (Å²) in [4.78, 5) is 32.7. The van der Waals surface area contributed by atoms with Gasteiger partial charge in [-0.15, -0.1) is 11.3 Å². The standard InChI is InChI=1S/C29H21ClN4O3S2/c1-17-24(28(36)37-2)26(22-9-6-14-38-22)34-27(35)23(39-29(34)31-17)15-19-16-33(21-7-4-3-5-8-21)32-25(19)18-10-12-20(30)13-11-18/h3-16,26H,1-2H3/b23-15+/t26-/m1/s1. The average molecular weight is 573 g/mol.